The van der Waals surface area contributed by atoms with Crippen molar-refractivity contribution >= 4 is 23.5 Å². The van der Waals surface area contributed by atoms with E-state index in [1.54, 1.807) is 13.8 Å². The van der Waals surface area contributed by atoms with Crippen LogP contribution in [0.4, 0.5) is 0 Å². The van der Waals surface area contributed by atoms with Crippen LogP contribution >= 0.6 is 0 Å². The number of aliphatic hydroxyl groups is 1. The Morgan fingerprint density at radius 3 is 2.09 bits per heavy atom. The van der Waals surface area contributed by atoms with Gasteiger partial charge in [-0.3, -0.25) is 24.5 Å². The van der Waals surface area contributed by atoms with Crippen LogP contribution in [0.1, 0.15) is 34.1 Å². The molecule has 0 aliphatic heterocycles. The van der Waals surface area contributed by atoms with E-state index in [2.05, 4.69) is 16.0 Å². The van der Waals surface area contributed by atoms with E-state index in [4.69, 9.17) is 10.8 Å². The highest BCUT2D eigenvalue weighted by Crippen LogP contribution is 2.03. The number of carbonyl (C=O) groups is 4. The van der Waals surface area contributed by atoms with Crippen LogP contribution in [0.2, 0.25) is 0 Å². The molecule has 0 radical (unpaired) electrons. The van der Waals surface area contributed by atoms with Crippen molar-refractivity contribution in [2.45, 2.75) is 52.4 Å². The fourth-order valence-electron chi connectivity index (χ4n) is 1.83. The summed E-state index contributed by atoms with van der Waals surface area (Å²) in [5.41, 5.74) is 5.07. The van der Waals surface area contributed by atoms with E-state index in [-0.39, 0.29) is 24.7 Å². The summed E-state index contributed by atoms with van der Waals surface area (Å²) < 4.78 is 0. The van der Waals surface area contributed by atoms with Crippen molar-refractivity contribution in [3.8, 4) is 0 Å². The molecule has 0 aliphatic carbocycles. The zero-order valence-corrected chi connectivity index (χ0v) is 13.9. The number of Topliss-reactive ketones (excluding diaryl/α,β-unsaturated/α-hetero) is 1. The molecule has 0 heterocycles. The minimum Gasteiger partial charge on any atom is -0.379 e. The average Bonchev–Trinajstić information content (AvgIpc) is 2.41. The van der Waals surface area contributed by atoms with Crippen LogP contribution in [-0.2, 0) is 19.2 Å². The van der Waals surface area contributed by atoms with E-state index in [0.717, 1.165) is 0 Å². The lowest BCUT2D eigenvalue weighted by atomic mass is 9.99. The predicted molar refractivity (Wildman–Crippen MR) is 82.9 cm³/mol. The first-order valence-corrected chi connectivity index (χ1v) is 7.37. The second kappa shape index (κ2) is 9.90. The van der Waals surface area contributed by atoms with Gasteiger partial charge in [-0.2, -0.15) is 0 Å². The van der Waals surface area contributed by atoms with Gasteiger partial charge in [-0.15, -0.1) is 0 Å². The number of carbonyl (C=O) groups excluding carboxylic acids is 4. The molecule has 0 bridgehead atoms. The second-order valence-corrected chi connectivity index (χ2v) is 5.63. The first-order chi connectivity index (χ1) is 10.5. The Morgan fingerprint density at radius 2 is 1.65 bits per heavy atom. The van der Waals surface area contributed by atoms with Gasteiger partial charge < -0.3 is 21.5 Å². The van der Waals surface area contributed by atoms with Crippen molar-refractivity contribution in [3.05, 3.63) is 0 Å². The van der Waals surface area contributed by atoms with E-state index in [0.29, 0.717) is 0 Å². The predicted octanol–water partition coefficient (Wildman–Crippen LogP) is -2.00. The molecule has 3 atom stereocenters. The first kappa shape index (κ1) is 21.0. The molecule has 23 heavy (non-hydrogen) atoms. The zero-order valence-electron chi connectivity index (χ0n) is 13.9. The molecule has 9 nitrogen and oxygen atoms in total. The van der Waals surface area contributed by atoms with Crippen LogP contribution in [0.5, 0.6) is 0 Å². The van der Waals surface area contributed by atoms with Gasteiger partial charge in [-0.25, -0.2) is 0 Å². The Morgan fingerprint density at radius 1 is 1.09 bits per heavy atom. The van der Waals surface area contributed by atoms with Gasteiger partial charge in [0.15, 0.2) is 5.78 Å². The molecule has 0 saturated heterocycles. The van der Waals surface area contributed by atoms with Crippen molar-refractivity contribution in [2.24, 2.45) is 11.7 Å². The number of aliphatic hydroxyl groups excluding tert-OH is 1. The SMILES string of the molecule is CC(O)NC(C)C(=O)NCC(=O)NC(CC(N)=O)C(=O)C(C)C. The van der Waals surface area contributed by atoms with Crippen LogP contribution in [-0.4, -0.2) is 53.5 Å². The smallest absolute Gasteiger partial charge is 0.239 e. The molecule has 9 heteroatoms. The highest BCUT2D eigenvalue weighted by atomic mass is 16.3. The maximum Gasteiger partial charge on any atom is 0.239 e. The number of nitrogens with two attached hydrogens (primary N) is 1. The minimum atomic E-state index is -1.01. The highest BCUT2D eigenvalue weighted by molar-refractivity contribution is 5.95. The lowest BCUT2D eigenvalue weighted by molar-refractivity contribution is -0.132. The molecule has 0 rings (SSSR count). The molecule has 0 spiro atoms. The van der Waals surface area contributed by atoms with Gasteiger partial charge in [0.05, 0.1) is 25.0 Å². The summed E-state index contributed by atoms with van der Waals surface area (Å²) in [4.78, 5) is 46.4. The second-order valence-electron chi connectivity index (χ2n) is 5.63. The monoisotopic (exact) mass is 330 g/mol. The minimum absolute atomic E-state index is 0.295. The van der Waals surface area contributed by atoms with E-state index >= 15 is 0 Å². The Bertz CT molecular complexity index is 450. The lowest BCUT2D eigenvalue weighted by Crippen LogP contribution is -2.51. The molecule has 6 N–H and O–H groups in total. The van der Waals surface area contributed by atoms with Gasteiger partial charge >= 0.3 is 0 Å². The standard InChI is InChI=1S/C14H26N4O5/c1-7(2)13(22)10(5-11(15)20)18-12(21)6-16-14(23)8(3)17-9(4)19/h7-10,17,19H,5-6H2,1-4H3,(H2,15,20)(H,16,23)(H,18,21). The van der Waals surface area contributed by atoms with E-state index in [1.165, 1.54) is 13.8 Å². The average molecular weight is 330 g/mol. The van der Waals surface area contributed by atoms with Crippen molar-refractivity contribution < 1.29 is 24.3 Å². The zero-order chi connectivity index (χ0) is 18.2. The van der Waals surface area contributed by atoms with Gasteiger partial charge in [0, 0.05) is 5.92 Å². The number of hydrogen-bond donors (Lipinski definition) is 5. The Balaban J connectivity index is 4.50. The molecule has 0 aromatic rings. The molecular weight excluding hydrogens is 304 g/mol. The number of primary amides is 1. The van der Waals surface area contributed by atoms with Gasteiger partial charge in [-0.05, 0) is 13.8 Å². The van der Waals surface area contributed by atoms with Crippen LogP contribution in [0.15, 0.2) is 0 Å². The quantitative estimate of drug-likeness (QED) is 0.292. The van der Waals surface area contributed by atoms with Crippen molar-refractivity contribution in [3.63, 3.8) is 0 Å². The number of ketones is 1. The van der Waals surface area contributed by atoms with Crippen LogP contribution in [0, 0.1) is 5.92 Å². The largest absolute Gasteiger partial charge is 0.379 e. The molecule has 0 aliphatic rings. The maximum absolute atomic E-state index is 11.9. The normalized spacial score (nSPS) is 14.7. The first-order valence-electron chi connectivity index (χ1n) is 7.37. The van der Waals surface area contributed by atoms with Gasteiger partial charge in [-0.1, -0.05) is 13.8 Å². The lowest BCUT2D eigenvalue weighted by Gasteiger charge is -2.19. The third-order valence-electron chi connectivity index (χ3n) is 2.96. The fraction of sp³-hybridized carbons (Fsp3) is 0.714. The summed E-state index contributed by atoms with van der Waals surface area (Å²) in [7, 11) is 0. The Labute approximate surface area is 135 Å². The number of hydrogen-bond acceptors (Lipinski definition) is 6. The topological polar surface area (TPSA) is 151 Å². The van der Waals surface area contributed by atoms with E-state index in [9.17, 15) is 19.2 Å². The van der Waals surface area contributed by atoms with Crippen LogP contribution < -0.4 is 21.7 Å². The molecule has 0 fully saturated rings. The summed E-state index contributed by atoms with van der Waals surface area (Å²) in [6, 6.07) is -1.70. The van der Waals surface area contributed by atoms with Crippen molar-refractivity contribution in [2.75, 3.05) is 6.54 Å². The summed E-state index contributed by atoms with van der Waals surface area (Å²) in [6.45, 7) is 5.92. The molecule has 0 aromatic heterocycles. The molecule has 3 amide bonds. The molecule has 132 valence electrons. The van der Waals surface area contributed by atoms with E-state index in [1.807, 2.05) is 0 Å². The number of nitrogens with one attached hydrogen (secondary N) is 3. The maximum atomic E-state index is 11.9. The molecule has 0 saturated carbocycles. The Hall–Kier alpha value is -2.00. The third kappa shape index (κ3) is 8.89. The van der Waals surface area contributed by atoms with Crippen LogP contribution in [0.3, 0.4) is 0 Å². The van der Waals surface area contributed by atoms with E-state index < -0.39 is 36.0 Å². The Kier molecular flexibility index (Phi) is 9.04. The summed E-state index contributed by atoms with van der Waals surface area (Å²) in [5, 5.41) is 16.4. The molecule has 3 unspecified atom stereocenters. The summed E-state index contributed by atoms with van der Waals surface area (Å²) in [6.07, 6.45) is -1.16. The molecule has 0 aromatic carbocycles. The van der Waals surface area contributed by atoms with Gasteiger partial charge in [0.2, 0.25) is 17.7 Å². The van der Waals surface area contributed by atoms with Crippen molar-refractivity contribution in [1.82, 2.24) is 16.0 Å². The van der Waals surface area contributed by atoms with Crippen molar-refractivity contribution in [1.29, 1.82) is 0 Å². The third-order valence-corrected chi connectivity index (χ3v) is 2.96. The molecular formula is C14H26N4O5. The van der Waals surface area contributed by atoms with Gasteiger partial charge in [0.1, 0.15) is 6.23 Å². The summed E-state index contributed by atoms with van der Waals surface area (Å²) in [5.74, 6) is -2.48. The highest BCUT2D eigenvalue weighted by Gasteiger charge is 2.25. The number of rotatable bonds is 10. The van der Waals surface area contributed by atoms with Crippen LogP contribution in [0.25, 0.3) is 0 Å². The fourth-order valence-corrected chi connectivity index (χ4v) is 1.83. The van der Waals surface area contributed by atoms with Gasteiger partial charge in [0.25, 0.3) is 0 Å². The number of amides is 3. The summed E-state index contributed by atoms with van der Waals surface area (Å²) >= 11 is 0.